The number of hydrogen-bond donors (Lipinski definition) is 1. The number of nitrogens with one attached hydrogen (secondary N) is 1. The van der Waals surface area contributed by atoms with Crippen molar-refractivity contribution in [1.82, 2.24) is 4.98 Å². The number of anilines is 1. The molecule has 2 nitrogen and oxygen atoms in total. The Morgan fingerprint density at radius 3 is 2.67 bits per heavy atom. The van der Waals surface area contributed by atoms with Gasteiger partial charge in [-0.05, 0) is 36.8 Å². The second-order valence-corrected chi connectivity index (χ2v) is 4.96. The van der Waals surface area contributed by atoms with Crippen LogP contribution in [0.25, 0.3) is 0 Å². The fourth-order valence-electron chi connectivity index (χ4n) is 2.22. The van der Waals surface area contributed by atoms with E-state index in [2.05, 4.69) is 24.1 Å². The lowest BCUT2D eigenvalue weighted by atomic mass is 9.98. The molecule has 1 heterocycles. The predicted octanol–water partition coefficient (Wildman–Crippen LogP) is 3.58. The van der Waals surface area contributed by atoms with Gasteiger partial charge in [-0.15, -0.1) is 0 Å². The fourth-order valence-corrected chi connectivity index (χ4v) is 2.33. The highest BCUT2D eigenvalue weighted by atomic mass is 35.5. The Morgan fingerprint density at radius 1 is 1.33 bits per heavy atom. The molecule has 0 bridgehead atoms. The Bertz CT molecular complexity index is 323. The van der Waals surface area contributed by atoms with Crippen molar-refractivity contribution in [2.45, 2.75) is 32.7 Å². The molecule has 3 heteroatoms. The zero-order valence-corrected chi connectivity index (χ0v) is 9.96. The van der Waals surface area contributed by atoms with E-state index >= 15 is 0 Å². The molecule has 1 aliphatic carbocycles. The minimum Gasteiger partial charge on any atom is -0.367 e. The Balaban J connectivity index is 2.00. The standard InChI is InChI=1S/C12H17ClN2/c1-8-3-5-11(9(8)2)15-12-6-4-10(13)7-14-12/h4,6-9,11H,3,5H2,1-2H3,(H,14,15). The summed E-state index contributed by atoms with van der Waals surface area (Å²) in [6.45, 7) is 4.63. The average Bonchev–Trinajstić information content (AvgIpc) is 2.53. The van der Waals surface area contributed by atoms with Crippen LogP contribution < -0.4 is 5.32 Å². The first-order valence-corrected chi connectivity index (χ1v) is 5.92. The van der Waals surface area contributed by atoms with E-state index in [1.54, 1.807) is 6.20 Å². The molecule has 1 fully saturated rings. The molecule has 1 aliphatic rings. The zero-order chi connectivity index (χ0) is 10.8. The molecule has 2 rings (SSSR count). The summed E-state index contributed by atoms with van der Waals surface area (Å²) in [6, 6.07) is 4.38. The lowest BCUT2D eigenvalue weighted by Gasteiger charge is -2.20. The van der Waals surface area contributed by atoms with Gasteiger partial charge in [0.1, 0.15) is 5.82 Å². The van der Waals surface area contributed by atoms with E-state index in [1.165, 1.54) is 12.8 Å². The summed E-state index contributed by atoms with van der Waals surface area (Å²) in [7, 11) is 0. The predicted molar refractivity (Wildman–Crippen MR) is 64.2 cm³/mol. The van der Waals surface area contributed by atoms with Gasteiger partial charge in [0.15, 0.2) is 0 Å². The summed E-state index contributed by atoms with van der Waals surface area (Å²) >= 11 is 5.79. The maximum absolute atomic E-state index is 5.79. The Hall–Kier alpha value is -0.760. The molecular weight excluding hydrogens is 208 g/mol. The first-order valence-electron chi connectivity index (χ1n) is 5.55. The van der Waals surface area contributed by atoms with E-state index in [9.17, 15) is 0 Å². The number of halogens is 1. The first-order chi connectivity index (χ1) is 7.16. The van der Waals surface area contributed by atoms with Crippen LogP contribution in [0.15, 0.2) is 18.3 Å². The monoisotopic (exact) mass is 224 g/mol. The highest BCUT2D eigenvalue weighted by molar-refractivity contribution is 6.30. The molecular formula is C12H17ClN2. The summed E-state index contributed by atoms with van der Waals surface area (Å²) in [5.41, 5.74) is 0. The number of pyridine rings is 1. The van der Waals surface area contributed by atoms with Crippen molar-refractivity contribution in [3.05, 3.63) is 23.4 Å². The van der Waals surface area contributed by atoms with Gasteiger partial charge in [-0.2, -0.15) is 0 Å². The summed E-state index contributed by atoms with van der Waals surface area (Å²) in [4.78, 5) is 4.26. The minimum atomic E-state index is 0.564. The third-order valence-electron chi connectivity index (χ3n) is 3.53. The molecule has 3 unspecified atom stereocenters. The molecule has 1 saturated carbocycles. The second-order valence-electron chi connectivity index (χ2n) is 4.53. The molecule has 1 aromatic rings. The quantitative estimate of drug-likeness (QED) is 0.831. The summed E-state index contributed by atoms with van der Waals surface area (Å²) < 4.78 is 0. The van der Waals surface area contributed by atoms with Gasteiger partial charge in [-0.25, -0.2) is 4.98 Å². The molecule has 0 aromatic carbocycles. The van der Waals surface area contributed by atoms with Crippen LogP contribution in [0.4, 0.5) is 5.82 Å². The second kappa shape index (κ2) is 4.40. The van der Waals surface area contributed by atoms with Crippen LogP contribution in [0.5, 0.6) is 0 Å². The SMILES string of the molecule is CC1CCC(Nc2ccc(Cl)cn2)C1C. The van der Waals surface area contributed by atoms with Gasteiger partial charge in [0.2, 0.25) is 0 Å². The van der Waals surface area contributed by atoms with Crippen LogP contribution in [0.3, 0.4) is 0 Å². The highest BCUT2D eigenvalue weighted by Crippen LogP contribution is 2.32. The van der Waals surface area contributed by atoms with Crippen molar-refractivity contribution < 1.29 is 0 Å². The summed E-state index contributed by atoms with van der Waals surface area (Å²) in [5.74, 6) is 2.47. The Kier molecular flexibility index (Phi) is 3.15. The minimum absolute atomic E-state index is 0.564. The highest BCUT2D eigenvalue weighted by Gasteiger charge is 2.29. The van der Waals surface area contributed by atoms with Crippen molar-refractivity contribution in [3.8, 4) is 0 Å². The van der Waals surface area contributed by atoms with Gasteiger partial charge in [-0.1, -0.05) is 25.4 Å². The average molecular weight is 225 g/mol. The molecule has 15 heavy (non-hydrogen) atoms. The van der Waals surface area contributed by atoms with Crippen LogP contribution in [-0.2, 0) is 0 Å². The number of hydrogen-bond acceptors (Lipinski definition) is 2. The van der Waals surface area contributed by atoms with Crippen LogP contribution >= 0.6 is 11.6 Å². The lowest BCUT2D eigenvalue weighted by molar-refractivity contribution is 0.435. The van der Waals surface area contributed by atoms with Gasteiger partial charge in [-0.3, -0.25) is 0 Å². The third kappa shape index (κ3) is 2.43. The molecule has 0 aliphatic heterocycles. The van der Waals surface area contributed by atoms with Crippen molar-refractivity contribution >= 4 is 17.4 Å². The smallest absolute Gasteiger partial charge is 0.126 e. The van der Waals surface area contributed by atoms with Gasteiger partial charge in [0.25, 0.3) is 0 Å². The normalized spacial score (nSPS) is 30.5. The van der Waals surface area contributed by atoms with Gasteiger partial charge < -0.3 is 5.32 Å². The molecule has 0 spiro atoms. The van der Waals surface area contributed by atoms with E-state index in [0.29, 0.717) is 11.1 Å². The van der Waals surface area contributed by atoms with Crippen molar-refractivity contribution in [1.29, 1.82) is 0 Å². The largest absolute Gasteiger partial charge is 0.367 e. The number of aromatic nitrogens is 1. The van der Waals surface area contributed by atoms with E-state index < -0.39 is 0 Å². The molecule has 82 valence electrons. The molecule has 1 aromatic heterocycles. The van der Waals surface area contributed by atoms with Crippen LogP contribution in [-0.4, -0.2) is 11.0 Å². The van der Waals surface area contributed by atoms with E-state index in [-0.39, 0.29) is 0 Å². The van der Waals surface area contributed by atoms with E-state index in [0.717, 1.165) is 17.7 Å². The van der Waals surface area contributed by atoms with E-state index in [4.69, 9.17) is 11.6 Å². The summed E-state index contributed by atoms with van der Waals surface area (Å²) in [5, 5.41) is 4.17. The van der Waals surface area contributed by atoms with Crippen LogP contribution in [0.1, 0.15) is 26.7 Å². The van der Waals surface area contributed by atoms with E-state index in [1.807, 2.05) is 12.1 Å². The van der Waals surface area contributed by atoms with Crippen molar-refractivity contribution in [2.75, 3.05) is 5.32 Å². The lowest BCUT2D eigenvalue weighted by Crippen LogP contribution is -2.24. The maximum atomic E-state index is 5.79. The molecule has 0 amide bonds. The van der Waals surface area contributed by atoms with Crippen LogP contribution in [0, 0.1) is 11.8 Å². The van der Waals surface area contributed by atoms with Gasteiger partial charge >= 0.3 is 0 Å². The zero-order valence-electron chi connectivity index (χ0n) is 9.20. The third-order valence-corrected chi connectivity index (χ3v) is 3.75. The Morgan fingerprint density at radius 2 is 2.13 bits per heavy atom. The topological polar surface area (TPSA) is 24.9 Å². The number of nitrogens with zero attached hydrogens (tertiary/aromatic N) is 1. The van der Waals surface area contributed by atoms with Gasteiger partial charge in [0.05, 0.1) is 5.02 Å². The van der Waals surface area contributed by atoms with Crippen molar-refractivity contribution in [2.24, 2.45) is 11.8 Å². The fraction of sp³-hybridized carbons (Fsp3) is 0.583. The molecule has 0 saturated heterocycles. The maximum Gasteiger partial charge on any atom is 0.126 e. The van der Waals surface area contributed by atoms with Gasteiger partial charge in [0, 0.05) is 12.2 Å². The molecule has 3 atom stereocenters. The summed E-state index contributed by atoms with van der Waals surface area (Å²) in [6.07, 6.45) is 4.24. The Labute approximate surface area is 96.1 Å². The van der Waals surface area contributed by atoms with Crippen LogP contribution in [0.2, 0.25) is 5.02 Å². The molecule has 1 N–H and O–H groups in total. The molecule has 0 radical (unpaired) electrons. The van der Waals surface area contributed by atoms with Crippen molar-refractivity contribution in [3.63, 3.8) is 0 Å². The number of rotatable bonds is 2. The first kappa shape index (κ1) is 10.7.